The zero-order valence-corrected chi connectivity index (χ0v) is 19.5. The van der Waals surface area contributed by atoms with Gasteiger partial charge in [-0.05, 0) is 54.0 Å². The highest BCUT2D eigenvalue weighted by molar-refractivity contribution is 7.16. The molecule has 35 heavy (non-hydrogen) atoms. The van der Waals surface area contributed by atoms with Gasteiger partial charge in [0.2, 0.25) is 5.91 Å². The van der Waals surface area contributed by atoms with E-state index in [4.69, 9.17) is 4.74 Å². The van der Waals surface area contributed by atoms with Crippen molar-refractivity contribution in [3.8, 4) is 11.8 Å². The van der Waals surface area contributed by atoms with Crippen molar-refractivity contribution in [2.24, 2.45) is 0 Å². The molecule has 4 rings (SSSR count). The van der Waals surface area contributed by atoms with E-state index in [0.717, 1.165) is 16.0 Å². The van der Waals surface area contributed by atoms with Crippen molar-refractivity contribution in [3.63, 3.8) is 0 Å². The van der Waals surface area contributed by atoms with Crippen LogP contribution in [-0.4, -0.2) is 41.5 Å². The fourth-order valence-corrected chi connectivity index (χ4v) is 4.72. The van der Waals surface area contributed by atoms with Crippen LogP contribution in [0.15, 0.2) is 54.9 Å². The number of rotatable bonds is 5. The number of nitrogens with one attached hydrogen (secondary N) is 1. The summed E-state index contributed by atoms with van der Waals surface area (Å²) < 4.78 is 10.1. The smallest absolute Gasteiger partial charge is 0.415 e. The van der Waals surface area contributed by atoms with E-state index in [1.54, 1.807) is 24.5 Å². The first kappa shape index (κ1) is 23.7. The second kappa shape index (κ2) is 10.6. The first-order chi connectivity index (χ1) is 17.0. The number of methoxy groups -OCH3 is 1. The Balaban J connectivity index is 1.42. The molecule has 10 heteroatoms. The van der Waals surface area contributed by atoms with Gasteiger partial charge in [-0.15, -0.1) is 11.3 Å². The van der Waals surface area contributed by atoms with E-state index >= 15 is 0 Å². The number of ether oxygens (including phenoxy) is 2. The summed E-state index contributed by atoms with van der Waals surface area (Å²) in [4.78, 5) is 43.0. The minimum absolute atomic E-state index is 0.259. The molecule has 1 aliphatic rings. The van der Waals surface area contributed by atoms with Crippen molar-refractivity contribution < 1.29 is 23.9 Å². The van der Waals surface area contributed by atoms with Gasteiger partial charge in [0.05, 0.1) is 24.8 Å². The number of nitriles is 1. The molecule has 2 aromatic heterocycles. The monoisotopic (exact) mass is 488 g/mol. The summed E-state index contributed by atoms with van der Waals surface area (Å²) in [6, 6.07) is 11.8. The second-order valence-electron chi connectivity index (χ2n) is 7.48. The molecule has 0 radical (unpaired) electrons. The van der Waals surface area contributed by atoms with E-state index in [0.29, 0.717) is 34.8 Å². The Kier molecular flexibility index (Phi) is 7.18. The van der Waals surface area contributed by atoms with Crippen molar-refractivity contribution in [1.29, 1.82) is 5.26 Å². The Morgan fingerprint density at radius 3 is 2.71 bits per heavy atom. The van der Waals surface area contributed by atoms with Crippen molar-refractivity contribution in [2.75, 3.05) is 19.0 Å². The summed E-state index contributed by atoms with van der Waals surface area (Å²) in [5.41, 5.74) is 2.38. The Morgan fingerprint density at radius 1 is 1.23 bits per heavy atom. The summed E-state index contributed by atoms with van der Waals surface area (Å²) in [6.45, 7) is 0.626. The normalized spacial score (nSPS) is 12.5. The summed E-state index contributed by atoms with van der Waals surface area (Å²) >= 11 is 1.27. The number of hydrogen-bond acceptors (Lipinski definition) is 8. The maximum Gasteiger partial charge on any atom is 0.415 e. The average Bonchev–Trinajstić information content (AvgIpc) is 3.24. The molecule has 1 aliphatic heterocycles. The third kappa shape index (κ3) is 5.54. The fourth-order valence-electron chi connectivity index (χ4n) is 3.51. The van der Waals surface area contributed by atoms with Crippen LogP contribution in [0, 0.1) is 11.3 Å². The Bertz CT molecular complexity index is 1330. The van der Waals surface area contributed by atoms with Gasteiger partial charge in [0.1, 0.15) is 16.8 Å². The number of anilines is 1. The Morgan fingerprint density at radius 2 is 2.03 bits per heavy atom. The molecular formula is C25H20N4O5S. The van der Waals surface area contributed by atoms with E-state index in [1.807, 2.05) is 6.07 Å². The van der Waals surface area contributed by atoms with Crippen LogP contribution >= 0.6 is 11.3 Å². The predicted octanol–water partition coefficient (Wildman–Crippen LogP) is 4.01. The molecule has 3 aromatic rings. The van der Waals surface area contributed by atoms with Gasteiger partial charge in [-0.2, -0.15) is 5.26 Å². The quantitative estimate of drug-likeness (QED) is 0.425. The highest BCUT2D eigenvalue weighted by Gasteiger charge is 2.28. The SMILES string of the molecule is COC(=O)c1ccc(OC(=O)N2CCc3c(sc(NC(=O)C=Cc4cccnc4)c3C#N)C2)cc1. The van der Waals surface area contributed by atoms with Gasteiger partial charge in [0.25, 0.3) is 0 Å². The lowest BCUT2D eigenvalue weighted by molar-refractivity contribution is -0.111. The standard InChI is InChI=1S/C25H20N4O5S/c1-33-24(31)17-5-7-18(8-6-17)34-25(32)29-12-10-19-20(13-26)23(35-21(19)15-29)28-22(30)9-4-16-3-2-11-27-14-16/h2-9,11,14H,10,12,15H2,1H3,(H,28,30). The molecule has 0 spiro atoms. The molecule has 1 aromatic carbocycles. The minimum atomic E-state index is -0.543. The number of amides is 2. The second-order valence-corrected chi connectivity index (χ2v) is 8.59. The summed E-state index contributed by atoms with van der Waals surface area (Å²) in [6.07, 6.45) is 6.22. The lowest BCUT2D eigenvalue weighted by Gasteiger charge is -2.26. The van der Waals surface area contributed by atoms with Gasteiger partial charge in [-0.25, -0.2) is 9.59 Å². The number of esters is 1. The van der Waals surface area contributed by atoms with Crippen molar-refractivity contribution in [3.05, 3.63) is 82.0 Å². The van der Waals surface area contributed by atoms with Crippen LogP contribution in [0.5, 0.6) is 5.75 Å². The maximum atomic E-state index is 12.7. The third-order valence-corrected chi connectivity index (χ3v) is 6.39. The van der Waals surface area contributed by atoms with Crippen LogP contribution in [0.1, 0.15) is 31.9 Å². The number of thiophene rings is 1. The number of fused-ring (bicyclic) bond motifs is 1. The van der Waals surface area contributed by atoms with Crippen LogP contribution in [0.25, 0.3) is 6.08 Å². The molecule has 2 amide bonds. The van der Waals surface area contributed by atoms with Crippen molar-refractivity contribution in [2.45, 2.75) is 13.0 Å². The molecule has 0 unspecified atom stereocenters. The predicted molar refractivity (Wildman–Crippen MR) is 129 cm³/mol. The van der Waals surface area contributed by atoms with Crippen LogP contribution in [0.3, 0.4) is 0 Å². The maximum absolute atomic E-state index is 12.7. The Hall–Kier alpha value is -4.49. The van der Waals surface area contributed by atoms with Crippen LogP contribution in [0.2, 0.25) is 0 Å². The van der Waals surface area contributed by atoms with Gasteiger partial charge in [-0.3, -0.25) is 9.78 Å². The van der Waals surface area contributed by atoms with Crippen molar-refractivity contribution in [1.82, 2.24) is 9.88 Å². The van der Waals surface area contributed by atoms with E-state index in [1.165, 1.54) is 53.7 Å². The van der Waals surface area contributed by atoms with E-state index in [-0.39, 0.29) is 12.5 Å². The number of hydrogen-bond donors (Lipinski definition) is 1. The molecule has 0 fully saturated rings. The number of benzene rings is 1. The molecule has 1 N–H and O–H groups in total. The minimum Gasteiger partial charge on any atom is -0.465 e. The molecule has 0 saturated heterocycles. The lowest BCUT2D eigenvalue weighted by atomic mass is 10.0. The van der Waals surface area contributed by atoms with Crippen LogP contribution in [0.4, 0.5) is 9.80 Å². The third-order valence-electron chi connectivity index (χ3n) is 5.26. The number of nitrogens with zero attached hydrogens (tertiary/aromatic N) is 3. The summed E-state index contributed by atoms with van der Waals surface area (Å²) in [5.74, 6) is -0.547. The highest BCUT2D eigenvalue weighted by atomic mass is 32.1. The average molecular weight is 489 g/mol. The topological polar surface area (TPSA) is 122 Å². The number of aromatic nitrogens is 1. The number of carbonyl (C=O) groups excluding carboxylic acids is 3. The Labute approximate surface area is 205 Å². The number of pyridine rings is 1. The van der Waals surface area contributed by atoms with Crippen molar-refractivity contribution >= 4 is 40.4 Å². The molecule has 0 saturated carbocycles. The van der Waals surface area contributed by atoms with Gasteiger partial charge in [0.15, 0.2) is 0 Å². The highest BCUT2D eigenvalue weighted by Crippen LogP contribution is 2.37. The molecule has 0 aliphatic carbocycles. The first-order valence-corrected chi connectivity index (χ1v) is 11.4. The summed E-state index contributed by atoms with van der Waals surface area (Å²) in [7, 11) is 1.29. The first-order valence-electron chi connectivity index (χ1n) is 10.6. The van der Waals surface area contributed by atoms with Crippen LogP contribution in [-0.2, 0) is 22.5 Å². The molecule has 9 nitrogen and oxygen atoms in total. The molecule has 0 atom stereocenters. The molecular weight excluding hydrogens is 468 g/mol. The molecule has 176 valence electrons. The van der Waals surface area contributed by atoms with Gasteiger partial charge < -0.3 is 19.7 Å². The van der Waals surface area contributed by atoms with E-state index < -0.39 is 12.1 Å². The van der Waals surface area contributed by atoms with Gasteiger partial charge >= 0.3 is 12.1 Å². The van der Waals surface area contributed by atoms with E-state index in [2.05, 4.69) is 21.1 Å². The number of carbonyl (C=O) groups is 3. The zero-order chi connectivity index (χ0) is 24.8. The molecule has 3 heterocycles. The van der Waals surface area contributed by atoms with E-state index in [9.17, 15) is 19.6 Å². The fraction of sp³-hybridized carbons (Fsp3) is 0.160. The zero-order valence-electron chi connectivity index (χ0n) is 18.7. The van der Waals surface area contributed by atoms with Gasteiger partial charge in [0, 0.05) is 29.9 Å². The van der Waals surface area contributed by atoms with Gasteiger partial charge in [-0.1, -0.05) is 6.07 Å². The largest absolute Gasteiger partial charge is 0.465 e. The van der Waals surface area contributed by atoms with Crippen LogP contribution < -0.4 is 10.1 Å². The summed E-state index contributed by atoms with van der Waals surface area (Å²) in [5, 5.41) is 12.9. The lowest BCUT2D eigenvalue weighted by Crippen LogP contribution is -2.37. The molecule has 0 bridgehead atoms.